The molecule has 0 unspecified atom stereocenters. The Bertz CT molecular complexity index is 1200. The Kier molecular flexibility index (Phi) is 7.39. The van der Waals surface area contributed by atoms with Crippen molar-refractivity contribution in [3.63, 3.8) is 0 Å². The molecule has 1 aromatic heterocycles. The van der Waals surface area contributed by atoms with Crippen LogP contribution in [0, 0.1) is 18.3 Å². The number of benzene rings is 2. The lowest BCUT2D eigenvalue weighted by molar-refractivity contribution is 0.0712. The summed E-state index contributed by atoms with van der Waals surface area (Å²) in [6.45, 7) is 6.05. The van der Waals surface area contributed by atoms with E-state index in [1.54, 1.807) is 7.11 Å². The maximum absolute atomic E-state index is 13.6. The second-order valence-electron chi connectivity index (χ2n) is 8.81. The molecular formula is C27H31N5O2. The first-order valence-electron chi connectivity index (χ1n) is 11.9. The van der Waals surface area contributed by atoms with E-state index in [2.05, 4.69) is 34.2 Å². The fourth-order valence-corrected chi connectivity index (χ4v) is 4.76. The quantitative estimate of drug-likeness (QED) is 0.567. The number of methoxy groups -OCH3 is 1. The van der Waals surface area contributed by atoms with Gasteiger partial charge in [-0.25, -0.2) is 0 Å². The van der Waals surface area contributed by atoms with Crippen LogP contribution < -0.4 is 0 Å². The number of carbonyl (C=O) groups is 1. The van der Waals surface area contributed by atoms with Gasteiger partial charge in [-0.2, -0.15) is 5.26 Å². The van der Waals surface area contributed by atoms with Crippen molar-refractivity contribution >= 4 is 5.91 Å². The van der Waals surface area contributed by atoms with Crippen LogP contribution in [0.15, 0.2) is 36.4 Å². The molecule has 1 N–H and O–H groups in total. The lowest BCUT2D eigenvalue weighted by atomic mass is 9.86. The summed E-state index contributed by atoms with van der Waals surface area (Å²) in [5, 5.41) is 18.0. The van der Waals surface area contributed by atoms with Crippen LogP contribution in [0.5, 0.6) is 0 Å². The third-order valence-corrected chi connectivity index (χ3v) is 6.70. The van der Waals surface area contributed by atoms with Crippen LogP contribution in [-0.4, -0.2) is 52.8 Å². The zero-order valence-electron chi connectivity index (χ0n) is 20.1. The summed E-state index contributed by atoms with van der Waals surface area (Å²) in [4.78, 5) is 18.8. The number of amides is 1. The molecular weight excluding hydrogens is 426 g/mol. The first-order valence-corrected chi connectivity index (χ1v) is 11.9. The minimum absolute atomic E-state index is 0.0595. The van der Waals surface area contributed by atoms with Crippen molar-refractivity contribution in [2.75, 3.05) is 26.8 Å². The number of likely N-dealkylation sites (tertiary alicyclic amines) is 1. The van der Waals surface area contributed by atoms with Gasteiger partial charge in [0.25, 0.3) is 5.91 Å². The molecule has 0 aliphatic carbocycles. The molecule has 1 aliphatic rings. The van der Waals surface area contributed by atoms with Gasteiger partial charge in [-0.15, -0.1) is 10.2 Å². The Morgan fingerprint density at radius 3 is 2.71 bits per heavy atom. The second-order valence-corrected chi connectivity index (χ2v) is 8.81. The van der Waals surface area contributed by atoms with E-state index < -0.39 is 0 Å². The van der Waals surface area contributed by atoms with Gasteiger partial charge < -0.3 is 14.6 Å². The highest BCUT2D eigenvalue weighted by Gasteiger charge is 2.27. The third kappa shape index (κ3) is 4.87. The molecule has 1 aliphatic heterocycles. The van der Waals surface area contributed by atoms with E-state index in [1.807, 2.05) is 42.2 Å². The van der Waals surface area contributed by atoms with Crippen LogP contribution in [-0.2, 0) is 17.6 Å². The minimum Gasteiger partial charge on any atom is -0.384 e. The van der Waals surface area contributed by atoms with E-state index in [4.69, 9.17) is 4.74 Å². The van der Waals surface area contributed by atoms with Gasteiger partial charge in [0.05, 0.1) is 18.2 Å². The van der Waals surface area contributed by atoms with E-state index in [0.717, 1.165) is 58.5 Å². The van der Waals surface area contributed by atoms with Crippen molar-refractivity contribution in [1.82, 2.24) is 20.1 Å². The van der Waals surface area contributed by atoms with Crippen molar-refractivity contribution in [1.29, 1.82) is 5.26 Å². The molecule has 2 heterocycles. The predicted octanol–water partition coefficient (Wildman–Crippen LogP) is 4.42. The average molecular weight is 458 g/mol. The number of aromatic nitrogens is 3. The standard InChI is InChI=1S/C27H31N5O2/c1-4-19-15-18(2)23(26-29-25(30-31-26)11-14-34-3)16-24(19)27(33)32-12-9-20(10-13-32)22-8-6-5-7-21(22)17-28/h5-8,15-16,20H,4,9-14H2,1-3H3,(H,29,30,31). The molecule has 0 radical (unpaired) electrons. The predicted molar refractivity (Wildman–Crippen MR) is 131 cm³/mol. The topological polar surface area (TPSA) is 94.9 Å². The van der Waals surface area contributed by atoms with Crippen LogP contribution in [0.4, 0.5) is 0 Å². The van der Waals surface area contributed by atoms with E-state index >= 15 is 0 Å². The molecule has 1 saturated heterocycles. The number of nitrogens with zero attached hydrogens (tertiary/aromatic N) is 4. The van der Waals surface area contributed by atoms with Crippen molar-refractivity contribution in [3.05, 3.63) is 70.0 Å². The number of nitriles is 1. The zero-order valence-corrected chi connectivity index (χ0v) is 20.1. The van der Waals surface area contributed by atoms with Crippen molar-refractivity contribution in [2.45, 2.75) is 45.4 Å². The fraction of sp³-hybridized carbons (Fsp3) is 0.407. The van der Waals surface area contributed by atoms with Crippen molar-refractivity contribution in [3.8, 4) is 17.5 Å². The Balaban J connectivity index is 1.54. The maximum Gasteiger partial charge on any atom is 0.254 e. The number of aromatic amines is 1. The van der Waals surface area contributed by atoms with Gasteiger partial charge in [-0.1, -0.05) is 31.2 Å². The van der Waals surface area contributed by atoms with Gasteiger partial charge in [0.15, 0.2) is 5.82 Å². The summed E-state index contributed by atoms with van der Waals surface area (Å²) in [7, 11) is 1.66. The number of H-pyrrole nitrogens is 1. The Morgan fingerprint density at radius 2 is 2.00 bits per heavy atom. The summed E-state index contributed by atoms with van der Waals surface area (Å²) in [5.74, 6) is 1.80. The number of piperidine rings is 1. The highest BCUT2D eigenvalue weighted by Crippen LogP contribution is 2.32. The molecule has 3 aromatic rings. The Morgan fingerprint density at radius 1 is 1.24 bits per heavy atom. The van der Waals surface area contributed by atoms with Gasteiger partial charge in [-0.3, -0.25) is 4.79 Å². The van der Waals surface area contributed by atoms with Crippen LogP contribution in [0.1, 0.15) is 64.1 Å². The van der Waals surface area contributed by atoms with Gasteiger partial charge in [-0.05, 0) is 60.9 Å². The summed E-state index contributed by atoms with van der Waals surface area (Å²) in [6, 6.07) is 14.2. The van der Waals surface area contributed by atoms with Gasteiger partial charge in [0.2, 0.25) is 0 Å². The molecule has 0 spiro atoms. The Labute approximate surface area is 200 Å². The maximum atomic E-state index is 13.6. The fourth-order valence-electron chi connectivity index (χ4n) is 4.76. The largest absolute Gasteiger partial charge is 0.384 e. The van der Waals surface area contributed by atoms with Crippen LogP contribution in [0.25, 0.3) is 11.4 Å². The number of nitrogens with one attached hydrogen (secondary N) is 1. The highest BCUT2D eigenvalue weighted by atomic mass is 16.5. The van der Waals surface area contributed by atoms with Crippen LogP contribution >= 0.6 is 0 Å². The number of ether oxygens (including phenoxy) is 1. The molecule has 2 aromatic carbocycles. The van der Waals surface area contributed by atoms with Crippen molar-refractivity contribution < 1.29 is 9.53 Å². The van der Waals surface area contributed by atoms with Gasteiger partial charge in [0, 0.05) is 37.7 Å². The SMILES string of the molecule is CCc1cc(C)c(-c2nnc(CCOC)[nH]2)cc1C(=O)N1CCC(c2ccccc2C#N)CC1. The molecule has 4 rings (SSSR count). The smallest absolute Gasteiger partial charge is 0.254 e. The normalized spacial score (nSPS) is 14.2. The number of rotatable bonds is 7. The average Bonchev–Trinajstić information content (AvgIpc) is 3.35. The molecule has 0 bridgehead atoms. The molecule has 7 nitrogen and oxygen atoms in total. The lowest BCUT2D eigenvalue weighted by Gasteiger charge is -2.33. The number of aryl methyl sites for hydroxylation is 2. The first kappa shape index (κ1) is 23.7. The van der Waals surface area contributed by atoms with E-state index in [9.17, 15) is 10.1 Å². The molecule has 0 saturated carbocycles. The first-order chi connectivity index (χ1) is 16.5. The molecule has 7 heteroatoms. The van der Waals surface area contributed by atoms with Gasteiger partial charge in [0.1, 0.15) is 5.82 Å². The van der Waals surface area contributed by atoms with E-state index in [0.29, 0.717) is 37.9 Å². The number of hydrogen-bond donors (Lipinski definition) is 1. The van der Waals surface area contributed by atoms with E-state index in [-0.39, 0.29) is 5.91 Å². The van der Waals surface area contributed by atoms with Crippen molar-refractivity contribution in [2.24, 2.45) is 0 Å². The van der Waals surface area contributed by atoms with Crippen LogP contribution in [0.2, 0.25) is 0 Å². The van der Waals surface area contributed by atoms with Gasteiger partial charge >= 0.3 is 0 Å². The lowest BCUT2D eigenvalue weighted by Crippen LogP contribution is -2.38. The number of hydrogen-bond acceptors (Lipinski definition) is 5. The number of carbonyl (C=O) groups excluding carboxylic acids is 1. The van der Waals surface area contributed by atoms with E-state index in [1.165, 1.54) is 0 Å². The zero-order chi connectivity index (χ0) is 24.1. The monoisotopic (exact) mass is 457 g/mol. The summed E-state index contributed by atoms with van der Waals surface area (Å²) in [6.07, 6.45) is 3.15. The minimum atomic E-state index is 0.0595. The summed E-state index contributed by atoms with van der Waals surface area (Å²) < 4.78 is 5.13. The Hall–Kier alpha value is -3.50. The molecule has 1 fully saturated rings. The molecule has 0 atom stereocenters. The summed E-state index contributed by atoms with van der Waals surface area (Å²) >= 11 is 0. The van der Waals surface area contributed by atoms with Crippen LogP contribution in [0.3, 0.4) is 0 Å². The second kappa shape index (κ2) is 10.6. The highest BCUT2D eigenvalue weighted by molar-refractivity contribution is 5.97. The summed E-state index contributed by atoms with van der Waals surface area (Å²) in [5.41, 5.74) is 5.57. The third-order valence-electron chi connectivity index (χ3n) is 6.70. The molecule has 176 valence electrons. The molecule has 34 heavy (non-hydrogen) atoms. The molecule has 1 amide bonds.